The van der Waals surface area contributed by atoms with Crippen LogP contribution in [0.5, 0.6) is 0 Å². The van der Waals surface area contributed by atoms with Gasteiger partial charge in [-0.3, -0.25) is 4.68 Å². The number of nitrogens with two attached hydrogens (primary N) is 1. The highest BCUT2D eigenvalue weighted by atomic mass is 15.3. The molecular weight excluding hydrogens is 210 g/mol. The molecule has 0 bridgehead atoms. The molecule has 0 aliphatic rings. The Morgan fingerprint density at radius 2 is 2.12 bits per heavy atom. The molecule has 0 spiro atoms. The molecule has 1 aromatic heterocycles. The average Bonchev–Trinajstić information content (AvgIpc) is 2.80. The second kappa shape index (κ2) is 5.15. The lowest BCUT2D eigenvalue weighted by Gasteiger charge is -2.06. The molecule has 1 atom stereocenters. The highest BCUT2D eigenvalue weighted by Gasteiger charge is 2.06. The maximum Gasteiger partial charge on any atom is 0.0662 e. The fourth-order valence-corrected chi connectivity index (χ4v) is 1.86. The van der Waals surface area contributed by atoms with Crippen molar-refractivity contribution in [2.45, 2.75) is 32.9 Å². The zero-order valence-corrected chi connectivity index (χ0v) is 10.4. The van der Waals surface area contributed by atoms with E-state index in [0.29, 0.717) is 0 Å². The zero-order chi connectivity index (χ0) is 12.3. The monoisotopic (exact) mass is 229 g/mol. The number of rotatable bonds is 4. The summed E-state index contributed by atoms with van der Waals surface area (Å²) in [4.78, 5) is 0. The Morgan fingerprint density at radius 3 is 2.82 bits per heavy atom. The van der Waals surface area contributed by atoms with E-state index in [1.54, 1.807) is 0 Å². The van der Waals surface area contributed by atoms with Crippen LogP contribution < -0.4 is 5.73 Å². The van der Waals surface area contributed by atoms with Crippen LogP contribution in [0.25, 0.3) is 0 Å². The molecule has 2 N–H and O–H groups in total. The minimum absolute atomic E-state index is 0.0978. The molecule has 0 aliphatic carbocycles. The molecule has 0 saturated heterocycles. The first-order valence-electron chi connectivity index (χ1n) is 6.03. The van der Waals surface area contributed by atoms with Crippen LogP contribution in [0.4, 0.5) is 0 Å². The molecule has 0 saturated carbocycles. The molecule has 90 valence electrons. The van der Waals surface area contributed by atoms with Gasteiger partial charge in [-0.1, -0.05) is 31.2 Å². The first kappa shape index (κ1) is 11.9. The summed E-state index contributed by atoms with van der Waals surface area (Å²) >= 11 is 0. The van der Waals surface area contributed by atoms with Crippen LogP contribution in [0.1, 0.15) is 36.1 Å². The minimum Gasteiger partial charge on any atom is -0.324 e. The van der Waals surface area contributed by atoms with Crippen molar-refractivity contribution in [3.63, 3.8) is 0 Å². The third-order valence-corrected chi connectivity index (χ3v) is 3.11. The van der Waals surface area contributed by atoms with Gasteiger partial charge in [-0.2, -0.15) is 5.10 Å². The molecule has 0 amide bonds. The van der Waals surface area contributed by atoms with Crippen molar-refractivity contribution in [3.8, 4) is 0 Å². The maximum absolute atomic E-state index is 5.98. The lowest BCUT2D eigenvalue weighted by atomic mass is 10.1. The van der Waals surface area contributed by atoms with Crippen molar-refractivity contribution in [3.05, 3.63) is 53.3 Å². The van der Waals surface area contributed by atoms with E-state index in [4.69, 9.17) is 5.73 Å². The SMILES string of the molecule is CCC(N)c1cnn(Cc2ccccc2C)c1. The topological polar surface area (TPSA) is 43.8 Å². The van der Waals surface area contributed by atoms with E-state index in [1.807, 2.05) is 17.1 Å². The molecule has 1 unspecified atom stereocenters. The highest BCUT2D eigenvalue weighted by molar-refractivity contribution is 5.25. The molecule has 0 aliphatic heterocycles. The predicted molar refractivity (Wildman–Crippen MR) is 69.7 cm³/mol. The standard InChI is InChI=1S/C14H19N3/c1-3-14(15)13-8-16-17(10-13)9-12-7-5-4-6-11(12)2/h4-8,10,14H,3,9,15H2,1-2H3. The zero-order valence-electron chi connectivity index (χ0n) is 10.4. The Kier molecular flexibility index (Phi) is 3.59. The average molecular weight is 229 g/mol. The number of hydrogen-bond acceptors (Lipinski definition) is 2. The summed E-state index contributed by atoms with van der Waals surface area (Å²) in [5, 5.41) is 4.36. The van der Waals surface area contributed by atoms with Crippen molar-refractivity contribution < 1.29 is 0 Å². The van der Waals surface area contributed by atoms with Crippen molar-refractivity contribution in [2.24, 2.45) is 5.73 Å². The van der Waals surface area contributed by atoms with Crippen LogP contribution >= 0.6 is 0 Å². The van der Waals surface area contributed by atoms with E-state index >= 15 is 0 Å². The Hall–Kier alpha value is -1.61. The fraction of sp³-hybridized carbons (Fsp3) is 0.357. The van der Waals surface area contributed by atoms with E-state index in [1.165, 1.54) is 11.1 Å². The summed E-state index contributed by atoms with van der Waals surface area (Å²) in [5.41, 5.74) is 9.68. The van der Waals surface area contributed by atoms with Gasteiger partial charge in [0.15, 0.2) is 0 Å². The van der Waals surface area contributed by atoms with Gasteiger partial charge in [0.05, 0.1) is 12.7 Å². The van der Waals surface area contributed by atoms with E-state index in [0.717, 1.165) is 18.5 Å². The fourth-order valence-electron chi connectivity index (χ4n) is 1.86. The second-order valence-electron chi connectivity index (χ2n) is 4.41. The van der Waals surface area contributed by atoms with Crippen LogP contribution in [0, 0.1) is 6.92 Å². The van der Waals surface area contributed by atoms with Crippen molar-refractivity contribution >= 4 is 0 Å². The molecular formula is C14H19N3. The third-order valence-electron chi connectivity index (χ3n) is 3.11. The van der Waals surface area contributed by atoms with Crippen LogP contribution in [-0.4, -0.2) is 9.78 Å². The molecule has 2 rings (SSSR count). The number of aryl methyl sites for hydroxylation is 1. The first-order valence-corrected chi connectivity index (χ1v) is 6.03. The van der Waals surface area contributed by atoms with Gasteiger partial charge in [0.2, 0.25) is 0 Å². The first-order chi connectivity index (χ1) is 8.20. The van der Waals surface area contributed by atoms with Crippen LogP contribution in [-0.2, 0) is 6.54 Å². The summed E-state index contributed by atoms with van der Waals surface area (Å²) in [6.07, 6.45) is 4.85. The van der Waals surface area contributed by atoms with Crippen LogP contribution in [0.3, 0.4) is 0 Å². The molecule has 0 radical (unpaired) electrons. The summed E-state index contributed by atoms with van der Waals surface area (Å²) in [7, 11) is 0. The van der Waals surface area contributed by atoms with Crippen molar-refractivity contribution in [2.75, 3.05) is 0 Å². The van der Waals surface area contributed by atoms with Gasteiger partial charge in [-0.15, -0.1) is 0 Å². The molecule has 17 heavy (non-hydrogen) atoms. The van der Waals surface area contributed by atoms with Gasteiger partial charge in [0, 0.05) is 17.8 Å². The smallest absolute Gasteiger partial charge is 0.0662 e. The van der Waals surface area contributed by atoms with Gasteiger partial charge in [-0.25, -0.2) is 0 Å². The van der Waals surface area contributed by atoms with Crippen molar-refractivity contribution in [1.29, 1.82) is 0 Å². The minimum atomic E-state index is 0.0978. The number of benzene rings is 1. The molecule has 1 aromatic carbocycles. The van der Waals surface area contributed by atoms with Gasteiger partial charge in [0.1, 0.15) is 0 Å². The Bertz CT molecular complexity index is 488. The van der Waals surface area contributed by atoms with E-state index in [9.17, 15) is 0 Å². The lowest BCUT2D eigenvalue weighted by Crippen LogP contribution is -2.07. The van der Waals surface area contributed by atoms with Crippen LogP contribution in [0.15, 0.2) is 36.7 Å². The number of hydrogen-bond donors (Lipinski definition) is 1. The summed E-state index contributed by atoms with van der Waals surface area (Å²) in [6.45, 7) is 5.02. The molecule has 1 heterocycles. The number of nitrogens with zero attached hydrogens (tertiary/aromatic N) is 2. The van der Waals surface area contributed by atoms with E-state index in [2.05, 4.69) is 43.2 Å². The van der Waals surface area contributed by atoms with Gasteiger partial charge in [0.25, 0.3) is 0 Å². The van der Waals surface area contributed by atoms with Gasteiger partial charge in [-0.05, 0) is 24.5 Å². The summed E-state index contributed by atoms with van der Waals surface area (Å²) in [6, 6.07) is 8.47. The van der Waals surface area contributed by atoms with Crippen LogP contribution in [0.2, 0.25) is 0 Å². The Labute approximate surface area is 102 Å². The molecule has 0 fully saturated rings. The summed E-state index contributed by atoms with van der Waals surface area (Å²) < 4.78 is 1.95. The quantitative estimate of drug-likeness (QED) is 0.876. The largest absolute Gasteiger partial charge is 0.324 e. The van der Waals surface area contributed by atoms with Gasteiger partial charge >= 0.3 is 0 Å². The second-order valence-corrected chi connectivity index (χ2v) is 4.41. The van der Waals surface area contributed by atoms with E-state index < -0.39 is 0 Å². The van der Waals surface area contributed by atoms with Gasteiger partial charge < -0.3 is 5.73 Å². The predicted octanol–water partition coefficient (Wildman–Crippen LogP) is 2.65. The van der Waals surface area contributed by atoms with Crippen molar-refractivity contribution in [1.82, 2.24) is 9.78 Å². The Morgan fingerprint density at radius 1 is 1.35 bits per heavy atom. The summed E-state index contributed by atoms with van der Waals surface area (Å²) in [5.74, 6) is 0. The lowest BCUT2D eigenvalue weighted by molar-refractivity contribution is 0.673. The third kappa shape index (κ3) is 2.74. The normalized spacial score (nSPS) is 12.6. The maximum atomic E-state index is 5.98. The molecule has 3 heteroatoms. The Balaban J connectivity index is 2.14. The number of aromatic nitrogens is 2. The molecule has 3 nitrogen and oxygen atoms in total. The molecule has 2 aromatic rings. The highest BCUT2D eigenvalue weighted by Crippen LogP contribution is 2.14. The van der Waals surface area contributed by atoms with E-state index in [-0.39, 0.29) is 6.04 Å².